The number of esters is 1. The number of amides is 1. The normalized spacial score (nSPS) is 16.0. The number of anilines is 2. The SMILES string of the molecule is CC(OC(=O)C1CCCN(c2ccc(Sc3ccc(Br)cc3)nn2)C1)C(=O)Nc1ccc(F)c([N+](=O)[O-])c1. The predicted octanol–water partition coefficient (Wildman–Crippen LogP) is 5.22. The van der Waals surface area contributed by atoms with Crippen molar-refractivity contribution in [3.05, 3.63) is 75.0 Å². The van der Waals surface area contributed by atoms with Crippen LogP contribution >= 0.6 is 27.7 Å². The molecule has 1 aliphatic rings. The number of piperidine rings is 1. The van der Waals surface area contributed by atoms with Crippen LogP contribution in [0.5, 0.6) is 0 Å². The molecule has 3 aromatic rings. The molecule has 1 aliphatic heterocycles. The van der Waals surface area contributed by atoms with E-state index in [0.717, 1.165) is 32.9 Å². The number of aromatic nitrogens is 2. The van der Waals surface area contributed by atoms with Crippen LogP contribution in [0.25, 0.3) is 0 Å². The van der Waals surface area contributed by atoms with Crippen molar-refractivity contribution in [3.8, 4) is 0 Å². The van der Waals surface area contributed by atoms with Crippen molar-refractivity contribution < 1.29 is 23.6 Å². The number of halogens is 2. The van der Waals surface area contributed by atoms with Crippen LogP contribution in [-0.2, 0) is 14.3 Å². The summed E-state index contributed by atoms with van der Waals surface area (Å²) in [7, 11) is 0. The molecule has 2 heterocycles. The molecule has 0 saturated carbocycles. The lowest BCUT2D eigenvalue weighted by Crippen LogP contribution is -2.41. The van der Waals surface area contributed by atoms with E-state index < -0.39 is 40.3 Å². The van der Waals surface area contributed by atoms with Gasteiger partial charge in [0.2, 0.25) is 5.82 Å². The summed E-state index contributed by atoms with van der Waals surface area (Å²) in [5.74, 6) is -2.05. The second-order valence-electron chi connectivity index (χ2n) is 8.56. The van der Waals surface area contributed by atoms with E-state index in [1.165, 1.54) is 24.8 Å². The van der Waals surface area contributed by atoms with E-state index in [-0.39, 0.29) is 5.69 Å². The van der Waals surface area contributed by atoms with Crippen LogP contribution in [0.1, 0.15) is 19.8 Å². The van der Waals surface area contributed by atoms with Gasteiger partial charge in [-0.15, -0.1) is 10.2 Å². The molecule has 0 spiro atoms. The Morgan fingerprint density at radius 3 is 2.66 bits per heavy atom. The highest BCUT2D eigenvalue weighted by Crippen LogP contribution is 2.29. The highest BCUT2D eigenvalue weighted by atomic mass is 79.9. The van der Waals surface area contributed by atoms with Gasteiger partial charge >= 0.3 is 11.7 Å². The summed E-state index contributed by atoms with van der Waals surface area (Å²) in [5, 5.41) is 22.7. The molecule has 1 aromatic heterocycles. The molecular weight excluding hydrogens is 581 g/mol. The molecule has 0 aliphatic carbocycles. The molecule has 2 aromatic carbocycles. The summed E-state index contributed by atoms with van der Waals surface area (Å²) in [6.45, 7) is 2.47. The van der Waals surface area contributed by atoms with E-state index >= 15 is 0 Å². The van der Waals surface area contributed by atoms with E-state index in [1.807, 2.05) is 41.3 Å². The number of nitrogens with zero attached hydrogens (tertiary/aromatic N) is 4. The van der Waals surface area contributed by atoms with Gasteiger partial charge in [-0.3, -0.25) is 19.7 Å². The molecule has 1 saturated heterocycles. The number of nitro groups is 1. The summed E-state index contributed by atoms with van der Waals surface area (Å²) < 4.78 is 19.9. The molecule has 13 heteroatoms. The molecule has 198 valence electrons. The first-order chi connectivity index (χ1) is 18.2. The van der Waals surface area contributed by atoms with Gasteiger partial charge in [0.15, 0.2) is 11.9 Å². The van der Waals surface area contributed by atoms with Gasteiger partial charge in [-0.05, 0) is 68.3 Å². The fourth-order valence-electron chi connectivity index (χ4n) is 3.84. The van der Waals surface area contributed by atoms with Gasteiger partial charge in [-0.2, -0.15) is 4.39 Å². The zero-order chi connectivity index (χ0) is 27.2. The molecule has 2 unspecified atom stereocenters. The lowest BCUT2D eigenvalue weighted by atomic mass is 9.98. The Kier molecular flexibility index (Phi) is 8.89. The molecule has 10 nitrogen and oxygen atoms in total. The number of carbonyl (C=O) groups excluding carboxylic acids is 2. The molecule has 38 heavy (non-hydrogen) atoms. The monoisotopic (exact) mass is 603 g/mol. The summed E-state index contributed by atoms with van der Waals surface area (Å²) in [6, 6.07) is 14.6. The van der Waals surface area contributed by atoms with Crippen LogP contribution in [0.15, 0.2) is 69.0 Å². The Labute approximate surface area is 230 Å². The van der Waals surface area contributed by atoms with E-state index in [2.05, 4.69) is 31.4 Å². The van der Waals surface area contributed by atoms with Crippen LogP contribution in [0, 0.1) is 21.8 Å². The van der Waals surface area contributed by atoms with Gasteiger partial charge in [-0.25, -0.2) is 0 Å². The van der Waals surface area contributed by atoms with E-state index in [4.69, 9.17) is 4.74 Å². The number of nitrogens with one attached hydrogen (secondary N) is 1. The van der Waals surface area contributed by atoms with Crippen molar-refractivity contribution in [1.82, 2.24) is 10.2 Å². The molecule has 1 N–H and O–H groups in total. The van der Waals surface area contributed by atoms with E-state index in [9.17, 15) is 24.1 Å². The zero-order valence-corrected chi connectivity index (χ0v) is 22.6. The average Bonchev–Trinajstić information content (AvgIpc) is 2.91. The molecular formula is C25H23BrFN5O5S. The molecule has 0 bridgehead atoms. The molecule has 2 atom stereocenters. The fraction of sp³-hybridized carbons (Fsp3) is 0.280. The summed E-state index contributed by atoms with van der Waals surface area (Å²) in [4.78, 5) is 38.3. The number of carbonyl (C=O) groups is 2. The molecule has 1 amide bonds. The summed E-state index contributed by atoms with van der Waals surface area (Å²) >= 11 is 4.91. The van der Waals surface area contributed by atoms with E-state index in [1.54, 1.807) is 0 Å². The van der Waals surface area contributed by atoms with Gasteiger partial charge in [0.25, 0.3) is 5.91 Å². The van der Waals surface area contributed by atoms with Crippen molar-refractivity contribution in [2.24, 2.45) is 5.92 Å². The first-order valence-electron chi connectivity index (χ1n) is 11.7. The van der Waals surface area contributed by atoms with Crippen molar-refractivity contribution in [3.63, 3.8) is 0 Å². The first kappa shape index (κ1) is 27.5. The zero-order valence-electron chi connectivity index (χ0n) is 20.2. The highest BCUT2D eigenvalue weighted by Gasteiger charge is 2.30. The van der Waals surface area contributed by atoms with Gasteiger partial charge in [-0.1, -0.05) is 27.7 Å². The Morgan fingerprint density at radius 1 is 1.21 bits per heavy atom. The summed E-state index contributed by atoms with van der Waals surface area (Å²) in [6.07, 6.45) is 0.173. The van der Waals surface area contributed by atoms with Crippen LogP contribution in [0.3, 0.4) is 0 Å². The minimum absolute atomic E-state index is 0.0233. The van der Waals surface area contributed by atoms with Crippen molar-refractivity contribution in [1.29, 1.82) is 0 Å². The Morgan fingerprint density at radius 2 is 1.97 bits per heavy atom. The lowest BCUT2D eigenvalue weighted by Gasteiger charge is -2.32. The van der Waals surface area contributed by atoms with Crippen LogP contribution < -0.4 is 10.2 Å². The lowest BCUT2D eigenvalue weighted by molar-refractivity contribution is -0.387. The average molecular weight is 604 g/mol. The maximum absolute atomic E-state index is 13.5. The number of ether oxygens (including phenoxy) is 1. The van der Waals surface area contributed by atoms with Crippen LogP contribution in [0.4, 0.5) is 21.6 Å². The minimum atomic E-state index is -1.16. The van der Waals surface area contributed by atoms with Crippen molar-refractivity contribution in [2.45, 2.75) is 35.8 Å². The van der Waals surface area contributed by atoms with Crippen LogP contribution in [0.2, 0.25) is 0 Å². The number of nitro benzene ring substituents is 1. The first-order valence-corrected chi connectivity index (χ1v) is 13.3. The Balaban J connectivity index is 1.31. The van der Waals surface area contributed by atoms with E-state index in [0.29, 0.717) is 25.3 Å². The van der Waals surface area contributed by atoms with Crippen LogP contribution in [-0.4, -0.2) is 46.2 Å². The topological polar surface area (TPSA) is 128 Å². The minimum Gasteiger partial charge on any atom is -0.452 e. The van der Waals surface area contributed by atoms with Gasteiger partial charge in [0.05, 0.1) is 10.8 Å². The number of hydrogen-bond donors (Lipinski definition) is 1. The quantitative estimate of drug-likeness (QED) is 0.209. The maximum atomic E-state index is 13.5. The number of benzene rings is 2. The number of hydrogen-bond acceptors (Lipinski definition) is 9. The van der Waals surface area contributed by atoms with Crippen molar-refractivity contribution >= 4 is 56.8 Å². The van der Waals surface area contributed by atoms with Gasteiger partial charge in [0, 0.05) is 34.2 Å². The fourth-order valence-corrected chi connectivity index (χ4v) is 4.83. The predicted molar refractivity (Wildman–Crippen MR) is 142 cm³/mol. The third-order valence-electron chi connectivity index (χ3n) is 5.81. The number of rotatable bonds is 8. The highest BCUT2D eigenvalue weighted by molar-refractivity contribution is 9.10. The standard InChI is InChI=1S/C25H23BrFN5O5S/c1-15(24(33)28-18-6-9-20(27)21(13-18)32(35)36)37-25(34)16-3-2-12-31(14-16)22-10-11-23(30-29-22)38-19-7-4-17(26)5-8-19/h4-11,13,15-16H,2-3,12,14H2,1H3,(H,28,33). The molecule has 1 fully saturated rings. The van der Waals surface area contributed by atoms with Crippen molar-refractivity contribution in [2.75, 3.05) is 23.3 Å². The third kappa shape index (κ3) is 7.04. The van der Waals surface area contributed by atoms with Gasteiger partial charge < -0.3 is 15.0 Å². The molecule has 4 rings (SSSR count). The third-order valence-corrected chi connectivity index (χ3v) is 7.28. The smallest absolute Gasteiger partial charge is 0.311 e. The maximum Gasteiger partial charge on any atom is 0.311 e. The largest absolute Gasteiger partial charge is 0.452 e. The molecule has 0 radical (unpaired) electrons. The Bertz CT molecular complexity index is 1330. The van der Waals surface area contributed by atoms with Gasteiger partial charge in [0.1, 0.15) is 5.03 Å². The Hall–Kier alpha value is -3.58. The second kappa shape index (κ2) is 12.3. The summed E-state index contributed by atoms with van der Waals surface area (Å²) in [5.41, 5.74) is -0.743. The second-order valence-corrected chi connectivity index (χ2v) is 10.6.